The van der Waals surface area contributed by atoms with Crippen molar-refractivity contribution in [2.24, 2.45) is 0 Å². The van der Waals surface area contributed by atoms with Crippen LogP contribution in [-0.4, -0.2) is 32.7 Å². The van der Waals surface area contributed by atoms with Crippen LogP contribution in [0.4, 0.5) is 0 Å². The molecule has 0 saturated carbocycles. The number of aromatic nitrogens is 4. The number of hydrogen-bond donors (Lipinski definition) is 1. The largest absolute Gasteiger partial charge is 0.317 e. The summed E-state index contributed by atoms with van der Waals surface area (Å²) in [5.74, 6) is 1.73. The highest BCUT2D eigenvalue weighted by atomic mass is 15.3. The van der Waals surface area contributed by atoms with E-state index < -0.39 is 0 Å². The molecule has 0 amide bonds. The van der Waals surface area contributed by atoms with E-state index >= 15 is 0 Å². The molecule has 16 heavy (non-hydrogen) atoms. The van der Waals surface area contributed by atoms with Crippen molar-refractivity contribution in [3.05, 3.63) is 24.3 Å². The van der Waals surface area contributed by atoms with E-state index in [1.807, 2.05) is 16.7 Å². The fourth-order valence-corrected chi connectivity index (χ4v) is 2.36. The van der Waals surface area contributed by atoms with Crippen LogP contribution in [0.1, 0.15) is 25.6 Å². The van der Waals surface area contributed by atoms with Crippen molar-refractivity contribution in [1.82, 2.24) is 24.9 Å². The molecule has 1 fully saturated rings. The second-order valence-corrected chi connectivity index (χ2v) is 4.62. The van der Waals surface area contributed by atoms with Crippen molar-refractivity contribution in [1.29, 1.82) is 0 Å². The minimum Gasteiger partial charge on any atom is -0.317 e. The zero-order valence-electron chi connectivity index (χ0n) is 9.35. The smallest absolute Gasteiger partial charge is 0.254 e. The molecule has 1 aliphatic rings. The number of fused-ring (bicyclic) bond motifs is 1. The Balaban J connectivity index is 2.11. The van der Waals surface area contributed by atoms with Crippen molar-refractivity contribution in [2.45, 2.75) is 25.2 Å². The molecule has 1 aliphatic heterocycles. The van der Waals surface area contributed by atoms with E-state index in [1.165, 1.54) is 0 Å². The van der Waals surface area contributed by atoms with Gasteiger partial charge in [-0.25, -0.2) is 4.98 Å². The lowest BCUT2D eigenvalue weighted by Crippen LogP contribution is -2.39. The molecule has 1 saturated heterocycles. The van der Waals surface area contributed by atoms with E-state index in [4.69, 9.17) is 0 Å². The van der Waals surface area contributed by atoms with Crippen molar-refractivity contribution < 1.29 is 0 Å². The normalized spacial score (nSPS) is 20.1. The van der Waals surface area contributed by atoms with Crippen molar-refractivity contribution >= 4 is 5.78 Å². The lowest BCUT2D eigenvalue weighted by atomic mass is 9.80. The highest BCUT2D eigenvalue weighted by Gasteiger charge is 2.33. The molecule has 5 nitrogen and oxygen atoms in total. The molecule has 0 radical (unpaired) electrons. The summed E-state index contributed by atoms with van der Waals surface area (Å²) >= 11 is 0. The standard InChI is InChI=1S/C11H15N5/c1-11(3-6-12-7-4-11)9-14-15-10-13-5-2-8-16(9)10/h2,5,8,12H,3-4,6-7H2,1H3. The minimum atomic E-state index is 0.119. The van der Waals surface area contributed by atoms with Crippen LogP contribution in [0.5, 0.6) is 0 Å². The van der Waals surface area contributed by atoms with E-state index in [0.29, 0.717) is 5.78 Å². The molecule has 0 bridgehead atoms. The van der Waals surface area contributed by atoms with Gasteiger partial charge in [-0.15, -0.1) is 10.2 Å². The van der Waals surface area contributed by atoms with Gasteiger partial charge in [0.1, 0.15) is 5.82 Å². The number of rotatable bonds is 1. The molecule has 0 spiro atoms. The third-order valence-corrected chi connectivity index (χ3v) is 3.44. The first-order valence-electron chi connectivity index (χ1n) is 5.67. The topological polar surface area (TPSA) is 55.1 Å². The van der Waals surface area contributed by atoms with Gasteiger partial charge in [0.25, 0.3) is 5.78 Å². The average molecular weight is 217 g/mol. The summed E-state index contributed by atoms with van der Waals surface area (Å²) in [6.07, 6.45) is 5.94. The summed E-state index contributed by atoms with van der Waals surface area (Å²) < 4.78 is 2.01. The Morgan fingerprint density at radius 1 is 1.31 bits per heavy atom. The fraction of sp³-hybridized carbons (Fsp3) is 0.545. The molecule has 0 aliphatic carbocycles. The van der Waals surface area contributed by atoms with Gasteiger partial charge in [-0.2, -0.15) is 0 Å². The predicted molar refractivity (Wildman–Crippen MR) is 60.2 cm³/mol. The molecular weight excluding hydrogens is 202 g/mol. The maximum atomic E-state index is 4.31. The van der Waals surface area contributed by atoms with Gasteiger partial charge in [-0.05, 0) is 32.0 Å². The summed E-state index contributed by atoms with van der Waals surface area (Å²) in [6.45, 7) is 4.36. The molecule has 3 rings (SSSR count). The molecule has 1 N–H and O–H groups in total. The van der Waals surface area contributed by atoms with Gasteiger partial charge in [-0.1, -0.05) is 6.92 Å². The van der Waals surface area contributed by atoms with Crippen LogP contribution in [0.3, 0.4) is 0 Å². The van der Waals surface area contributed by atoms with Crippen molar-refractivity contribution in [3.63, 3.8) is 0 Å². The van der Waals surface area contributed by atoms with E-state index in [0.717, 1.165) is 31.8 Å². The Labute approximate surface area is 93.9 Å². The van der Waals surface area contributed by atoms with E-state index in [1.54, 1.807) is 6.20 Å². The molecule has 2 aromatic heterocycles. The maximum Gasteiger partial charge on any atom is 0.254 e. The van der Waals surface area contributed by atoms with Gasteiger partial charge < -0.3 is 5.32 Å². The van der Waals surface area contributed by atoms with Gasteiger partial charge in [0.2, 0.25) is 0 Å². The zero-order chi connectivity index (χ0) is 11.0. The van der Waals surface area contributed by atoms with E-state index in [-0.39, 0.29) is 5.41 Å². The molecule has 0 atom stereocenters. The number of nitrogens with zero attached hydrogens (tertiary/aromatic N) is 4. The number of piperidine rings is 1. The van der Waals surface area contributed by atoms with E-state index in [9.17, 15) is 0 Å². The summed E-state index contributed by atoms with van der Waals surface area (Å²) in [5.41, 5.74) is 0.119. The fourth-order valence-electron chi connectivity index (χ4n) is 2.36. The summed E-state index contributed by atoms with van der Waals surface area (Å²) in [4.78, 5) is 4.20. The second-order valence-electron chi connectivity index (χ2n) is 4.62. The minimum absolute atomic E-state index is 0.119. The average Bonchev–Trinajstić information content (AvgIpc) is 2.74. The summed E-state index contributed by atoms with van der Waals surface area (Å²) in [6, 6.07) is 1.92. The van der Waals surface area contributed by atoms with Crippen LogP contribution in [-0.2, 0) is 5.41 Å². The molecule has 0 aromatic carbocycles. The Morgan fingerprint density at radius 2 is 2.12 bits per heavy atom. The van der Waals surface area contributed by atoms with Gasteiger partial charge in [0.15, 0.2) is 0 Å². The lowest BCUT2D eigenvalue weighted by molar-refractivity contribution is 0.316. The van der Waals surface area contributed by atoms with Gasteiger partial charge in [0.05, 0.1) is 0 Å². The van der Waals surface area contributed by atoms with Gasteiger partial charge in [0, 0.05) is 17.8 Å². The first-order valence-corrected chi connectivity index (χ1v) is 5.67. The second kappa shape index (κ2) is 3.52. The Bertz CT molecular complexity index is 498. The maximum absolute atomic E-state index is 4.31. The first-order chi connectivity index (χ1) is 7.80. The van der Waals surface area contributed by atoms with Crippen LogP contribution in [0, 0.1) is 0 Å². The number of hydrogen-bond acceptors (Lipinski definition) is 4. The highest BCUT2D eigenvalue weighted by Crippen LogP contribution is 2.31. The lowest BCUT2D eigenvalue weighted by Gasteiger charge is -2.32. The molecule has 5 heteroatoms. The molecule has 3 heterocycles. The predicted octanol–water partition coefficient (Wildman–Crippen LogP) is 0.765. The van der Waals surface area contributed by atoms with Crippen LogP contribution in [0.2, 0.25) is 0 Å². The zero-order valence-corrected chi connectivity index (χ0v) is 9.35. The van der Waals surface area contributed by atoms with Crippen molar-refractivity contribution in [2.75, 3.05) is 13.1 Å². The monoisotopic (exact) mass is 217 g/mol. The number of nitrogens with one attached hydrogen (secondary N) is 1. The van der Waals surface area contributed by atoms with Crippen LogP contribution in [0.15, 0.2) is 18.5 Å². The summed E-state index contributed by atoms with van der Waals surface area (Å²) in [5, 5.41) is 11.8. The third-order valence-electron chi connectivity index (χ3n) is 3.44. The summed E-state index contributed by atoms with van der Waals surface area (Å²) in [7, 11) is 0. The molecule has 84 valence electrons. The van der Waals surface area contributed by atoms with Gasteiger partial charge >= 0.3 is 0 Å². The highest BCUT2D eigenvalue weighted by molar-refractivity contribution is 5.29. The quantitative estimate of drug-likeness (QED) is 0.766. The SMILES string of the molecule is CC1(c2nnc3ncccn23)CCNCC1. The van der Waals surface area contributed by atoms with Crippen molar-refractivity contribution in [3.8, 4) is 0 Å². The third kappa shape index (κ3) is 1.39. The van der Waals surface area contributed by atoms with E-state index in [2.05, 4.69) is 27.4 Å². The first kappa shape index (κ1) is 9.72. The van der Waals surface area contributed by atoms with Gasteiger partial charge in [-0.3, -0.25) is 4.40 Å². The van der Waals surface area contributed by atoms with Crippen LogP contribution >= 0.6 is 0 Å². The van der Waals surface area contributed by atoms with Crippen LogP contribution < -0.4 is 5.32 Å². The Hall–Kier alpha value is -1.49. The molecule has 2 aromatic rings. The molecule has 0 unspecified atom stereocenters. The molecular formula is C11H15N5. The Kier molecular flexibility index (Phi) is 2.14. The van der Waals surface area contributed by atoms with Crippen LogP contribution in [0.25, 0.3) is 5.78 Å². The Morgan fingerprint density at radius 3 is 2.94 bits per heavy atom.